The van der Waals surface area contributed by atoms with E-state index >= 15 is 0 Å². The van der Waals surface area contributed by atoms with Crippen LogP contribution in [0.2, 0.25) is 0 Å². The van der Waals surface area contributed by atoms with Crippen molar-refractivity contribution in [2.45, 2.75) is 31.2 Å². The second kappa shape index (κ2) is 8.75. The van der Waals surface area contributed by atoms with Crippen molar-refractivity contribution in [2.75, 3.05) is 19.7 Å². The molecule has 2 aromatic rings. The Bertz CT molecular complexity index is 1090. The maximum absolute atomic E-state index is 12.3. The molecule has 1 heterocycles. The van der Waals surface area contributed by atoms with Crippen LogP contribution in [-0.4, -0.2) is 53.2 Å². The average molecular weight is 432 g/mol. The summed E-state index contributed by atoms with van der Waals surface area (Å²) in [7, 11) is 0. The number of hydrogen-bond acceptors (Lipinski definition) is 4. The fraction of sp³-hybridized carbons (Fsp3) is 0.320. The number of carbonyl (C=O) groups excluding carboxylic acids is 2. The zero-order valence-electron chi connectivity index (χ0n) is 17.8. The second-order valence-corrected chi connectivity index (χ2v) is 8.12. The van der Waals surface area contributed by atoms with E-state index in [4.69, 9.17) is 4.74 Å². The van der Waals surface area contributed by atoms with Gasteiger partial charge in [-0.1, -0.05) is 54.5 Å². The number of carboxylic acid groups (broad SMARTS) is 1. The van der Waals surface area contributed by atoms with E-state index in [1.54, 1.807) is 0 Å². The van der Waals surface area contributed by atoms with Gasteiger partial charge < -0.3 is 20.1 Å². The van der Waals surface area contributed by atoms with E-state index < -0.39 is 23.5 Å². The number of benzene rings is 2. The zero-order chi connectivity index (χ0) is 22.7. The van der Waals surface area contributed by atoms with Gasteiger partial charge in [0.05, 0.1) is 6.54 Å². The van der Waals surface area contributed by atoms with Crippen molar-refractivity contribution in [2.24, 2.45) is 0 Å². The van der Waals surface area contributed by atoms with Gasteiger partial charge in [-0.05, 0) is 47.9 Å². The molecule has 164 valence electrons. The number of carboxylic acids is 1. The fourth-order valence-corrected chi connectivity index (χ4v) is 4.46. The number of aliphatic carboxylic acids is 1. The molecule has 1 saturated heterocycles. The van der Waals surface area contributed by atoms with Gasteiger partial charge in [0.25, 0.3) is 5.91 Å². The van der Waals surface area contributed by atoms with Gasteiger partial charge in [-0.3, -0.25) is 4.79 Å². The molecule has 4 rings (SSSR count). The van der Waals surface area contributed by atoms with E-state index in [-0.39, 0.29) is 19.1 Å². The van der Waals surface area contributed by atoms with Gasteiger partial charge in [0.15, 0.2) is 0 Å². The third-order valence-corrected chi connectivity index (χ3v) is 6.21. The summed E-state index contributed by atoms with van der Waals surface area (Å²) in [5, 5.41) is 11.9. The van der Waals surface area contributed by atoms with Crippen LogP contribution in [0, 0.1) is 11.8 Å². The number of fused-ring (bicyclic) bond motifs is 3. The molecule has 7 heteroatoms. The van der Waals surface area contributed by atoms with Gasteiger partial charge in [-0.15, -0.1) is 0 Å². The molecule has 1 atom stereocenters. The Labute approximate surface area is 186 Å². The van der Waals surface area contributed by atoms with Gasteiger partial charge in [0.1, 0.15) is 12.1 Å². The lowest BCUT2D eigenvalue weighted by Gasteiger charge is -2.29. The molecular weight excluding hydrogens is 408 g/mol. The van der Waals surface area contributed by atoms with Crippen LogP contribution in [0.5, 0.6) is 0 Å². The Hall–Kier alpha value is -3.79. The predicted octanol–water partition coefficient (Wildman–Crippen LogP) is 2.99. The molecule has 32 heavy (non-hydrogen) atoms. The maximum Gasteiger partial charge on any atom is 0.407 e. The highest BCUT2D eigenvalue weighted by Crippen LogP contribution is 2.44. The minimum atomic E-state index is -1.23. The molecule has 1 unspecified atom stereocenters. The standard InChI is InChI=1S/C25H24N2O5/c1-25(23(29)30)13-7-15-27(25)22(28)12-6-14-26-24(31)32-16-21-19-10-4-2-8-17(19)18-9-3-5-11-20(18)21/h2-5,8-11,21H,7,13-16H2,1H3,(H,26,31)(H,29,30). The summed E-state index contributed by atoms with van der Waals surface area (Å²) in [5.41, 5.74) is 3.32. The van der Waals surface area contributed by atoms with Crippen LogP contribution >= 0.6 is 0 Å². The Morgan fingerprint density at radius 3 is 2.38 bits per heavy atom. The highest BCUT2D eigenvalue weighted by molar-refractivity contribution is 5.97. The van der Waals surface area contributed by atoms with Crippen LogP contribution in [0.15, 0.2) is 48.5 Å². The first kappa shape index (κ1) is 21.4. The zero-order valence-corrected chi connectivity index (χ0v) is 17.8. The largest absolute Gasteiger partial charge is 0.480 e. The summed E-state index contributed by atoms with van der Waals surface area (Å²) in [5.74, 6) is 3.37. The van der Waals surface area contributed by atoms with Crippen molar-refractivity contribution in [3.8, 4) is 23.0 Å². The molecule has 1 fully saturated rings. The molecule has 1 aliphatic carbocycles. The van der Waals surface area contributed by atoms with Crippen molar-refractivity contribution in [3.63, 3.8) is 0 Å². The summed E-state index contributed by atoms with van der Waals surface area (Å²) >= 11 is 0. The van der Waals surface area contributed by atoms with Gasteiger partial charge >= 0.3 is 12.1 Å². The molecule has 2 N–H and O–H groups in total. The number of likely N-dealkylation sites (tertiary alicyclic amines) is 1. The van der Waals surface area contributed by atoms with E-state index in [0.717, 1.165) is 22.3 Å². The predicted molar refractivity (Wildman–Crippen MR) is 118 cm³/mol. The van der Waals surface area contributed by atoms with Crippen LogP contribution in [0.3, 0.4) is 0 Å². The first-order valence-corrected chi connectivity index (χ1v) is 10.5. The maximum atomic E-state index is 12.3. The number of nitrogens with zero attached hydrogens (tertiary/aromatic N) is 1. The summed E-state index contributed by atoms with van der Waals surface area (Å²) in [6.07, 6.45) is 0.396. The number of amides is 2. The van der Waals surface area contributed by atoms with Crippen molar-refractivity contribution in [1.82, 2.24) is 10.2 Å². The normalized spacial score (nSPS) is 18.8. The SMILES string of the molecule is CC1(C(=O)O)CCCN1C(=O)C#CCNC(=O)OCC1c2ccccc2-c2ccccc21. The van der Waals surface area contributed by atoms with Crippen molar-refractivity contribution in [3.05, 3.63) is 59.7 Å². The third-order valence-electron chi connectivity index (χ3n) is 6.21. The lowest BCUT2D eigenvalue weighted by atomic mass is 9.98. The molecule has 0 saturated carbocycles. The number of hydrogen-bond donors (Lipinski definition) is 2. The lowest BCUT2D eigenvalue weighted by Crippen LogP contribution is -2.50. The Balaban J connectivity index is 1.31. The third kappa shape index (κ3) is 3.92. The topological polar surface area (TPSA) is 95.9 Å². The highest BCUT2D eigenvalue weighted by atomic mass is 16.5. The molecule has 0 spiro atoms. The molecule has 0 radical (unpaired) electrons. The van der Waals surface area contributed by atoms with E-state index in [1.165, 1.54) is 11.8 Å². The number of alkyl carbamates (subject to hydrolysis) is 1. The van der Waals surface area contributed by atoms with Gasteiger partial charge in [-0.2, -0.15) is 0 Å². The van der Waals surface area contributed by atoms with Gasteiger partial charge in [0, 0.05) is 12.5 Å². The smallest absolute Gasteiger partial charge is 0.407 e. The monoisotopic (exact) mass is 432 g/mol. The minimum Gasteiger partial charge on any atom is -0.480 e. The number of carbonyl (C=O) groups is 3. The minimum absolute atomic E-state index is 0.0373. The summed E-state index contributed by atoms with van der Waals surface area (Å²) < 4.78 is 5.42. The van der Waals surface area contributed by atoms with Gasteiger partial charge in [-0.25, -0.2) is 9.59 Å². The lowest BCUT2D eigenvalue weighted by molar-refractivity contribution is -0.153. The number of nitrogens with one attached hydrogen (secondary N) is 1. The molecule has 2 aromatic carbocycles. The van der Waals surface area contributed by atoms with Crippen LogP contribution in [0.4, 0.5) is 4.79 Å². The van der Waals surface area contributed by atoms with E-state index in [0.29, 0.717) is 19.4 Å². The molecule has 0 aromatic heterocycles. The summed E-state index contributed by atoms with van der Waals surface area (Å²) in [6.45, 7) is 2.00. The highest BCUT2D eigenvalue weighted by Gasteiger charge is 2.45. The summed E-state index contributed by atoms with van der Waals surface area (Å²) in [6, 6.07) is 16.1. The summed E-state index contributed by atoms with van der Waals surface area (Å²) in [4.78, 5) is 37.2. The van der Waals surface area contributed by atoms with Crippen LogP contribution < -0.4 is 5.32 Å². The Kier molecular flexibility index (Phi) is 5.87. The first-order valence-electron chi connectivity index (χ1n) is 10.5. The number of ether oxygens (including phenoxy) is 1. The van der Waals surface area contributed by atoms with Crippen molar-refractivity contribution < 1.29 is 24.2 Å². The first-order chi connectivity index (χ1) is 15.4. The van der Waals surface area contributed by atoms with Crippen molar-refractivity contribution in [1.29, 1.82) is 0 Å². The van der Waals surface area contributed by atoms with E-state index in [1.807, 2.05) is 36.4 Å². The number of rotatable bonds is 4. The average Bonchev–Trinajstić information content (AvgIpc) is 3.34. The molecule has 2 aliphatic rings. The van der Waals surface area contributed by atoms with Crippen LogP contribution in [0.25, 0.3) is 11.1 Å². The molecular formula is C25H24N2O5. The molecule has 2 amide bonds. The van der Waals surface area contributed by atoms with E-state index in [2.05, 4.69) is 29.3 Å². The quantitative estimate of drug-likeness (QED) is 0.724. The Morgan fingerprint density at radius 1 is 1.12 bits per heavy atom. The van der Waals surface area contributed by atoms with Crippen LogP contribution in [-0.2, 0) is 14.3 Å². The van der Waals surface area contributed by atoms with Crippen LogP contribution in [0.1, 0.15) is 36.8 Å². The van der Waals surface area contributed by atoms with E-state index in [9.17, 15) is 19.5 Å². The molecule has 7 nitrogen and oxygen atoms in total. The molecule has 1 aliphatic heterocycles. The molecule has 0 bridgehead atoms. The van der Waals surface area contributed by atoms with Crippen molar-refractivity contribution >= 4 is 18.0 Å². The van der Waals surface area contributed by atoms with Gasteiger partial charge in [0.2, 0.25) is 0 Å². The Morgan fingerprint density at radius 2 is 1.75 bits per heavy atom. The second-order valence-electron chi connectivity index (χ2n) is 8.12. The fourth-order valence-electron chi connectivity index (χ4n) is 4.46.